The normalized spacial score (nSPS) is 21.6. The maximum Gasteiger partial charge on any atom is 0.310 e. The van der Waals surface area contributed by atoms with Crippen LogP contribution in [0.25, 0.3) is 0 Å². The molecule has 0 N–H and O–H groups in total. The van der Waals surface area contributed by atoms with Crippen molar-refractivity contribution >= 4 is 5.97 Å². The molecule has 0 amide bonds. The van der Waals surface area contributed by atoms with Crippen LogP contribution in [0.3, 0.4) is 0 Å². The van der Waals surface area contributed by atoms with Gasteiger partial charge in [0.15, 0.2) is 23.3 Å². The van der Waals surface area contributed by atoms with E-state index < -0.39 is 59.5 Å². The molecule has 0 heterocycles. The lowest BCUT2D eigenvalue weighted by Crippen LogP contribution is -2.15. The van der Waals surface area contributed by atoms with Gasteiger partial charge in [-0.05, 0) is 18.3 Å². The number of benzene rings is 1. The van der Waals surface area contributed by atoms with Crippen molar-refractivity contribution in [2.45, 2.75) is 34.0 Å². The average Bonchev–Trinajstić information content (AvgIpc) is 3.10. The second-order valence-corrected chi connectivity index (χ2v) is 6.60. The van der Waals surface area contributed by atoms with Crippen LogP contribution in [0.2, 0.25) is 0 Å². The number of carbonyl (C=O) groups is 1. The third-order valence-electron chi connectivity index (χ3n) is 4.66. The van der Waals surface area contributed by atoms with Crippen LogP contribution in [0.15, 0.2) is 12.2 Å². The van der Waals surface area contributed by atoms with Gasteiger partial charge in [0.05, 0.1) is 23.7 Å². The van der Waals surface area contributed by atoms with Crippen LogP contribution in [0.5, 0.6) is 0 Å². The molecule has 0 spiro atoms. The molecular weight excluding hydrogens is 340 g/mol. The van der Waals surface area contributed by atoms with E-state index in [4.69, 9.17) is 4.74 Å². The van der Waals surface area contributed by atoms with Crippen molar-refractivity contribution in [1.29, 1.82) is 0 Å². The molecule has 0 aromatic heterocycles. The van der Waals surface area contributed by atoms with Crippen LogP contribution in [0.4, 0.5) is 17.6 Å². The van der Waals surface area contributed by atoms with Gasteiger partial charge in [-0.15, -0.1) is 0 Å². The number of carbonyl (C=O) groups excluding carboxylic acids is 1. The Morgan fingerprint density at radius 1 is 1.04 bits per heavy atom. The summed E-state index contributed by atoms with van der Waals surface area (Å²) in [6.45, 7) is 4.04. The van der Waals surface area contributed by atoms with Crippen LogP contribution in [0, 0.1) is 40.5 Å². The van der Waals surface area contributed by atoms with Gasteiger partial charge in [-0.1, -0.05) is 26.0 Å². The maximum absolute atomic E-state index is 14.0. The summed E-state index contributed by atoms with van der Waals surface area (Å²) < 4.78 is 65.2. The third-order valence-corrected chi connectivity index (χ3v) is 4.66. The van der Waals surface area contributed by atoms with Crippen LogP contribution >= 0.6 is 0 Å². The fourth-order valence-corrected chi connectivity index (χ4v) is 3.05. The predicted octanol–water partition coefficient (Wildman–Crippen LogP) is 4.28. The fourth-order valence-electron chi connectivity index (χ4n) is 3.05. The summed E-state index contributed by atoms with van der Waals surface area (Å²) in [5, 5.41) is 0. The summed E-state index contributed by atoms with van der Waals surface area (Å²) in [7, 11) is 1.14. The Bertz CT molecular complexity index is 684. The lowest BCUT2D eigenvalue weighted by Gasteiger charge is -2.12. The third kappa shape index (κ3) is 3.42. The van der Waals surface area contributed by atoms with E-state index in [-0.39, 0.29) is 11.3 Å². The lowest BCUT2D eigenvalue weighted by molar-refractivity contribution is -0.147. The molecule has 138 valence electrons. The molecule has 1 aliphatic carbocycles. The molecule has 1 saturated carbocycles. The monoisotopic (exact) mass is 360 g/mol. The highest BCUT2D eigenvalue weighted by molar-refractivity contribution is 5.78. The quantitative estimate of drug-likeness (QED) is 0.329. The Labute approximate surface area is 143 Å². The Hall–Kier alpha value is -1.89. The SMILES string of the molecule is C/C=C/[C@H]1[C@H](C(=O)OCc2c(F)c(F)c(COC)c(F)c2F)C1(C)C. The van der Waals surface area contributed by atoms with Crippen molar-refractivity contribution in [3.05, 3.63) is 46.5 Å². The summed E-state index contributed by atoms with van der Waals surface area (Å²) >= 11 is 0. The molecule has 0 aliphatic heterocycles. The van der Waals surface area contributed by atoms with Crippen molar-refractivity contribution in [3.63, 3.8) is 0 Å². The van der Waals surface area contributed by atoms with Crippen molar-refractivity contribution < 1.29 is 31.8 Å². The summed E-state index contributed by atoms with van der Waals surface area (Å²) in [5.41, 5.74) is -2.13. The standard InChI is InChI=1S/C18H20F4O3/c1-5-6-11-12(18(11,2)3)17(23)25-8-10-15(21)13(19)9(7-24-4)14(20)16(10)22/h5-6,11-12H,7-8H2,1-4H3/b6-5+/t11-,12+/m0/s1. The molecule has 7 heteroatoms. The molecule has 0 saturated heterocycles. The highest BCUT2D eigenvalue weighted by Crippen LogP contribution is 2.59. The first kappa shape index (κ1) is 19.4. The second-order valence-electron chi connectivity index (χ2n) is 6.60. The van der Waals surface area contributed by atoms with Crippen molar-refractivity contribution in [1.82, 2.24) is 0 Å². The number of hydrogen-bond acceptors (Lipinski definition) is 3. The van der Waals surface area contributed by atoms with Gasteiger partial charge in [0.1, 0.15) is 6.61 Å². The van der Waals surface area contributed by atoms with Gasteiger partial charge in [-0.3, -0.25) is 4.79 Å². The Balaban J connectivity index is 2.18. The minimum absolute atomic E-state index is 0.0442. The van der Waals surface area contributed by atoms with Crippen LogP contribution < -0.4 is 0 Å². The molecule has 1 aromatic rings. The van der Waals surface area contributed by atoms with Gasteiger partial charge in [-0.25, -0.2) is 17.6 Å². The minimum atomic E-state index is -1.58. The first-order valence-corrected chi connectivity index (χ1v) is 7.80. The molecule has 1 fully saturated rings. The van der Waals surface area contributed by atoms with E-state index >= 15 is 0 Å². The Morgan fingerprint density at radius 2 is 1.52 bits per heavy atom. The topological polar surface area (TPSA) is 35.5 Å². The Morgan fingerprint density at radius 3 is 1.96 bits per heavy atom. The average molecular weight is 360 g/mol. The second kappa shape index (κ2) is 7.15. The zero-order valence-corrected chi connectivity index (χ0v) is 14.5. The highest BCUT2D eigenvalue weighted by Gasteiger charge is 2.61. The zero-order chi connectivity index (χ0) is 18.9. The summed E-state index contributed by atoms with van der Waals surface area (Å²) in [5.74, 6) is -7.43. The lowest BCUT2D eigenvalue weighted by atomic mass is 10.1. The van der Waals surface area contributed by atoms with Crippen molar-refractivity contribution in [2.24, 2.45) is 17.3 Å². The number of hydrogen-bond donors (Lipinski definition) is 0. The first-order valence-electron chi connectivity index (χ1n) is 7.80. The van der Waals surface area contributed by atoms with E-state index in [1.807, 2.05) is 26.8 Å². The van der Waals surface area contributed by atoms with E-state index in [0.717, 1.165) is 7.11 Å². The number of esters is 1. The van der Waals surface area contributed by atoms with Crippen LogP contribution in [-0.2, 0) is 27.5 Å². The summed E-state index contributed by atoms with van der Waals surface area (Å²) in [6.07, 6.45) is 3.66. The Kier molecular flexibility index (Phi) is 5.56. The molecule has 0 bridgehead atoms. The smallest absolute Gasteiger partial charge is 0.310 e. The molecule has 2 rings (SSSR count). The predicted molar refractivity (Wildman–Crippen MR) is 82.4 cm³/mol. The van der Waals surface area contributed by atoms with E-state index in [1.54, 1.807) is 6.08 Å². The van der Waals surface area contributed by atoms with E-state index in [0.29, 0.717) is 0 Å². The number of allylic oxidation sites excluding steroid dienone is 2. The van der Waals surface area contributed by atoms with Gasteiger partial charge in [0, 0.05) is 7.11 Å². The van der Waals surface area contributed by atoms with E-state index in [2.05, 4.69) is 4.74 Å². The zero-order valence-electron chi connectivity index (χ0n) is 14.5. The summed E-state index contributed by atoms with van der Waals surface area (Å²) in [4.78, 5) is 12.1. The minimum Gasteiger partial charge on any atom is -0.460 e. The molecular formula is C18H20F4O3. The van der Waals surface area contributed by atoms with Gasteiger partial charge in [0.2, 0.25) is 0 Å². The molecule has 1 aliphatic rings. The molecule has 1 aromatic carbocycles. The van der Waals surface area contributed by atoms with Gasteiger partial charge in [0.25, 0.3) is 0 Å². The van der Waals surface area contributed by atoms with Gasteiger partial charge < -0.3 is 9.47 Å². The highest BCUT2D eigenvalue weighted by atomic mass is 19.2. The molecule has 2 atom stereocenters. The van der Waals surface area contributed by atoms with Gasteiger partial charge in [-0.2, -0.15) is 0 Å². The number of methoxy groups -OCH3 is 1. The largest absolute Gasteiger partial charge is 0.460 e. The van der Waals surface area contributed by atoms with Crippen molar-refractivity contribution in [3.8, 4) is 0 Å². The molecule has 25 heavy (non-hydrogen) atoms. The summed E-state index contributed by atoms with van der Waals surface area (Å²) in [6, 6.07) is 0. The first-order chi connectivity index (χ1) is 11.7. The molecule has 0 unspecified atom stereocenters. The van der Waals surface area contributed by atoms with Gasteiger partial charge >= 0.3 is 5.97 Å². The molecule has 0 radical (unpaired) electrons. The molecule has 3 nitrogen and oxygen atoms in total. The fraction of sp³-hybridized carbons (Fsp3) is 0.500. The number of ether oxygens (including phenoxy) is 2. The van der Waals surface area contributed by atoms with Crippen LogP contribution in [-0.4, -0.2) is 13.1 Å². The van der Waals surface area contributed by atoms with Crippen LogP contribution in [0.1, 0.15) is 31.9 Å². The maximum atomic E-state index is 14.0. The number of rotatable bonds is 6. The van der Waals surface area contributed by atoms with Crippen molar-refractivity contribution in [2.75, 3.05) is 7.11 Å². The number of halogens is 4. The van der Waals surface area contributed by atoms with E-state index in [9.17, 15) is 22.4 Å². The van der Waals surface area contributed by atoms with E-state index in [1.165, 1.54) is 0 Å².